The van der Waals surface area contributed by atoms with Gasteiger partial charge in [-0.15, -0.1) is 21.5 Å². The molecule has 8 heteroatoms. The first-order chi connectivity index (χ1) is 13.6. The second-order valence-corrected chi connectivity index (χ2v) is 8.15. The summed E-state index contributed by atoms with van der Waals surface area (Å²) in [5, 5.41) is 11.2. The molecule has 0 radical (unpaired) electrons. The van der Waals surface area contributed by atoms with Crippen molar-refractivity contribution in [2.24, 2.45) is 0 Å². The van der Waals surface area contributed by atoms with Crippen LogP contribution in [0.1, 0.15) is 5.56 Å². The Morgan fingerprint density at radius 2 is 1.86 bits per heavy atom. The molecule has 0 spiro atoms. The van der Waals surface area contributed by atoms with Gasteiger partial charge in [-0.3, -0.25) is 13.8 Å². The molecule has 3 heterocycles. The second-order valence-electron chi connectivity index (χ2n) is 6.32. The number of nitrogens with zero attached hydrogens (tertiary/aromatic N) is 4. The van der Waals surface area contributed by atoms with Gasteiger partial charge in [0.2, 0.25) is 5.78 Å². The van der Waals surface area contributed by atoms with E-state index in [1.54, 1.807) is 34.1 Å². The maximum Gasteiger partial charge on any atom is 0.263 e. The van der Waals surface area contributed by atoms with E-state index in [2.05, 4.69) is 26.1 Å². The summed E-state index contributed by atoms with van der Waals surface area (Å²) in [4.78, 5) is 14.1. The van der Waals surface area contributed by atoms with Gasteiger partial charge in [-0.25, -0.2) is 4.39 Å². The van der Waals surface area contributed by atoms with Crippen molar-refractivity contribution >= 4 is 43.9 Å². The number of para-hydroxylation sites is 1. The van der Waals surface area contributed by atoms with Crippen LogP contribution in [0.2, 0.25) is 0 Å². The standard InChI is InChI=1S/C20H12BrFN4OS/c21-13-9-17(28-11-13)18-23-24-20-25(10-12-5-7-14(22)8-6-12)19(27)15-3-1-2-4-16(15)26(18)20/h1-9,11H,10H2. The number of aromatic nitrogens is 4. The highest BCUT2D eigenvalue weighted by Gasteiger charge is 2.18. The minimum Gasteiger partial charge on any atom is -0.272 e. The Hall–Kier alpha value is -2.84. The van der Waals surface area contributed by atoms with Crippen molar-refractivity contribution in [2.45, 2.75) is 6.54 Å². The number of halogens is 2. The fourth-order valence-corrected chi connectivity index (χ4v) is 4.66. The Balaban J connectivity index is 1.82. The summed E-state index contributed by atoms with van der Waals surface area (Å²) in [6.07, 6.45) is 0. The van der Waals surface area contributed by atoms with Crippen molar-refractivity contribution in [3.63, 3.8) is 0 Å². The summed E-state index contributed by atoms with van der Waals surface area (Å²) in [6.45, 7) is 0.277. The van der Waals surface area contributed by atoms with Crippen LogP contribution in [-0.4, -0.2) is 19.2 Å². The molecule has 2 aromatic carbocycles. The zero-order valence-corrected chi connectivity index (χ0v) is 16.7. The molecule has 5 rings (SSSR count). The summed E-state index contributed by atoms with van der Waals surface area (Å²) in [5.74, 6) is 0.815. The Morgan fingerprint density at radius 3 is 2.61 bits per heavy atom. The van der Waals surface area contributed by atoms with E-state index in [1.165, 1.54) is 12.1 Å². The Morgan fingerprint density at radius 1 is 1.07 bits per heavy atom. The van der Waals surface area contributed by atoms with Crippen LogP contribution in [0.15, 0.2) is 69.2 Å². The van der Waals surface area contributed by atoms with Gasteiger partial charge in [0.25, 0.3) is 5.56 Å². The third-order valence-electron chi connectivity index (χ3n) is 4.55. The van der Waals surface area contributed by atoms with E-state index < -0.39 is 0 Å². The lowest BCUT2D eigenvalue weighted by Crippen LogP contribution is -2.24. The minimum absolute atomic E-state index is 0.154. The maximum atomic E-state index is 13.3. The van der Waals surface area contributed by atoms with E-state index >= 15 is 0 Å². The van der Waals surface area contributed by atoms with Gasteiger partial charge in [0, 0.05) is 9.85 Å². The smallest absolute Gasteiger partial charge is 0.263 e. The molecule has 0 amide bonds. The lowest BCUT2D eigenvalue weighted by atomic mass is 10.2. The maximum absolute atomic E-state index is 13.3. The van der Waals surface area contributed by atoms with Crippen LogP contribution in [0.4, 0.5) is 4.39 Å². The second kappa shape index (κ2) is 6.65. The first-order valence-corrected chi connectivity index (χ1v) is 10.1. The monoisotopic (exact) mass is 454 g/mol. The molecule has 0 aliphatic heterocycles. The molecule has 0 saturated carbocycles. The number of benzene rings is 2. The SMILES string of the molecule is O=c1c2ccccc2n2c(-c3cc(Br)cs3)nnc2n1Cc1ccc(F)cc1. The molecule has 5 aromatic rings. The predicted molar refractivity (Wildman–Crippen MR) is 111 cm³/mol. The van der Waals surface area contributed by atoms with E-state index in [1.807, 2.05) is 34.0 Å². The average Bonchev–Trinajstić information content (AvgIpc) is 3.33. The highest BCUT2D eigenvalue weighted by atomic mass is 79.9. The molecular weight excluding hydrogens is 443 g/mol. The quantitative estimate of drug-likeness (QED) is 0.396. The van der Waals surface area contributed by atoms with Crippen molar-refractivity contribution in [1.29, 1.82) is 0 Å². The highest BCUT2D eigenvalue weighted by Crippen LogP contribution is 2.30. The summed E-state index contributed by atoms with van der Waals surface area (Å²) in [5.41, 5.74) is 1.41. The molecule has 0 fully saturated rings. The van der Waals surface area contributed by atoms with Crippen LogP contribution in [0, 0.1) is 5.82 Å². The lowest BCUT2D eigenvalue weighted by molar-refractivity contribution is 0.626. The number of rotatable bonds is 3. The highest BCUT2D eigenvalue weighted by molar-refractivity contribution is 9.10. The molecule has 0 N–H and O–H groups in total. The van der Waals surface area contributed by atoms with Crippen LogP contribution < -0.4 is 5.56 Å². The zero-order valence-electron chi connectivity index (χ0n) is 14.3. The third kappa shape index (κ3) is 2.76. The number of fused-ring (bicyclic) bond motifs is 3. The number of hydrogen-bond acceptors (Lipinski definition) is 4. The Bertz CT molecular complexity index is 1390. The molecule has 0 aliphatic rings. The zero-order chi connectivity index (χ0) is 19.3. The molecule has 28 heavy (non-hydrogen) atoms. The minimum atomic E-state index is -0.312. The fourth-order valence-electron chi connectivity index (χ4n) is 3.26. The average molecular weight is 455 g/mol. The number of thiophene rings is 1. The first kappa shape index (κ1) is 17.3. The van der Waals surface area contributed by atoms with Crippen LogP contribution in [0.25, 0.3) is 27.4 Å². The largest absolute Gasteiger partial charge is 0.272 e. The molecule has 5 nitrogen and oxygen atoms in total. The Labute approximate surface area is 170 Å². The summed E-state index contributed by atoms with van der Waals surface area (Å²) < 4.78 is 17.7. The van der Waals surface area contributed by atoms with Crippen molar-refractivity contribution in [3.05, 3.63) is 86.2 Å². The third-order valence-corrected chi connectivity index (χ3v) is 6.24. The normalized spacial score (nSPS) is 11.5. The van der Waals surface area contributed by atoms with Crippen molar-refractivity contribution in [3.8, 4) is 10.7 Å². The van der Waals surface area contributed by atoms with Gasteiger partial charge >= 0.3 is 0 Å². The topological polar surface area (TPSA) is 52.2 Å². The summed E-state index contributed by atoms with van der Waals surface area (Å²) >= 11 is 5.02. The predicted octanol–water partition coefficient (Wildman–Crippen LogP) is 4.72. The molecule has 3 aromatic heterocycles. The van der Waals surface area contributed by atoms with Crippen molar-refractivity contribution in [1.82, 2.24) is 19.2 Å². The summed E-state index contributed by atoms with van der Waals surface area (Å²) in [6, 6.07) is 15.5. The molecule has 0 atom stereocenters. The van der Waals surface area contributed by atoms with Gasteiger partial charge in [-0.2, -0.15) is 0 Å². The van der Waals surface area contributed by atoms with Gasteiger partial charge in [0.05, 0.1) is 22.3 Å². The van der Waals surface area contributed by atoms with E-state index in [4.69, 9.17) is 0 Å². The Kier molecular flexibility index (Phi) is 4.10. The lowest BCUT2D eigenvalue weighted by Gasteiger charge is -2.11. The van der Waals surface area contributed by atoms with Gasteiger partial charge in [0.15, 0.2) is 5.82 Å². The summed E-state index contributed by atoms with van der Waals surface area (Å²) in [7, 11) is 0. The van der Waals surface area contributed by atoms with Gasteiger partial charge in [-0.1, -0.05) is 24.3 Å². The molecule has 138 valence electrons. The van der Waals surface area contributed by atoms with Gasteiger partial charge in [0.1, 0.15) is 5.82 Å². The van der Waals surface area contributed by atoms with E-state index in [-0.39, 0.29) is 17.9 Å². The van der Waals surface area contributed by atoms with Crippen LogP contribution >= 0.6 is 27.3 Å². The van der Waals surface area contributed by atoms with Crippen LogP contribution in [-0.2, 0) is 6.54 Å². The van der Waals surface area contributed by atoms with E-state index in [0.29, 0.717) is 17.0 Å². The van der Waals surface area contributed by atoms with Gasteiger partial charge < -0.3 is 0 Å². The van der Waals surface area contributed by atoms with Crippen molar-refractivity contribution in [2.75, 3.05) is 0 Å². The number of hydrogen-bond donors (Lipinski definition) is 0. The molecule has 0 unspecified atom stereocenters. The van der Waals surface area contributed by atoms with E-state index in [9.17, 15) is 9.18 Å². The fraction of sp³-hybridized carbons (Fsp3) is 0.0500. The van der Waals surface area contributed by atoms with Crippen molar-refractivity contribution < 1.29 is 4.39 Å². The van der Waals surface area contributed by atoms with E-state index in [0.717, 1.165) is 20.4 Å². The van der Waals surface area contributed by atoms with Crippen LogP contribution in [0.5, 0.6) is 0 Å². The molecular formula is C20H12BrFN4OS. The molecule has 0 saturated heterocycles. The first-order valence-electron chi connectivity index (χ1n) is 8.47. The van der Waals surface area contributed by atoms with Gasteiger partial charge in [-0.05, 0) is 51.8 Å². The van der Waals surface area contributed by atoms with Crippen LogP contribution in [0.3, 0.4) is 0 Å². The molecule has 0 aliphatic carbocycles. The molecule has 0 bridgehead atoms.